The first-order valence-electron chi connectivity index (χ1n) is 8.12. The predicted molar refractivity (Wildman–Crippen MR) is 104 cm³/mol. The summed E-state index contributed by atoms with van der Waals surface area (Å²) in [4.78, 5) is 25.9. The fourth-order valence-corrected chi connectivity index (χ4v) is 2.78. The molecule has 0 spiro atoms. The van der Waals surface area contributed by atoms with E-state index in [4.69, 9.17) is 25.5 Å². The predicted octanol–water partition coefficient (Wildman–Crippen LogP) is 3.83. The molecule has 7 nitrogen and oxygen atoms in total. The zero-order valence-corrected chi connectivity index (χ0v) is 15.4. The summed E-state index contributed by atoms with van der Waals surface area (Å²) in [6.07, 6.45) is 2.98. The van der Waals surface area contributed by atoms with Crippen LogP contribution in [0.4, 0.5) is 5.69 Å². The maximum Gasteiger partial charge on any atom is 0.417 e. The molecule has 0 radical (unpaired) electrons. The van der Waals surface area contributed by atoms with Crippen molar-refractivity contribution in [2.45, 2.75) is 6.92 Å². The van der Waals surface area contributed by atoms with Crippen molar-refractivity contribution in [2.75, 3.05) is 19.0 Å². The maximum absolute atomic E-state index is 12.2. The Kier molecular flexibility index (Phi) is 5.52. The molecule has 0 fully saturated rings. The summed E-state index contributed by atoms with van der Waals surface area (Å²) in [5.41, 5.74) is 2.14. The zero-order chi connectivity index (χ0) is 19.4. The number of carbonyl (C=O) groups excluding carboxylic acids is 1. The minimum atomic E-state index is -0.547. The molecule has 2 aromatic carbocycles. The van der Waals surface area contributed by atoms with Gasteiger partial charge in [-0.2, -0.15) is 0 Å². The highest BCUT2D eigenvalue weighted by atomic mass is 35.5. The average Bonchev–Trinajstić information content (AvgIpc) is 3.01. The van der Waals surface area contributed by atoms with E-state index in [-0.39, 0.29) is 5.91 Å². The van der Waals surface area contributed by atoms with Crippen LogP contribution in [0, 0.1) is 0 Å². The Hall–Kier alpha value is -3.19. The fourth-order valence-electron chi connectivity index (χ4n) is 2.51. The van der Waals surface area contributed by atoms with Crippen molar-refractivity contribution < 1.29 is 18.7 Å². The number of ether oxygens (including phenoxy) is 2. The van der Waals surface area contributed by atoms with E-state index in [1.165, 1.54) is 13.2 Å². The number of oxazole rings is 1. The SMILES string of the molecule is CCOc1c(Cl)cc(/C=C/C(=O)Nc2ccc3oc(=O)[nH]c3c2)cc1OC. The third-order valence-electron chi connectivity index (χ3n) is 3.65. The van der Waals surface area contributed by atoms with Crippen LogP contribution in [-0.4, -0.2) is 24.6 Å². The molecule has 3 aromatic rings. The van der Waals surface area contributed by atoms with Crippen LogP contribution in [0.15, 0.2) is 45.6 Å². The van der Waals surface area contributed by atoms with Crippen LogP contribution in [-0.2, 0) is 4.79 Å². The fraction of sp³-hybridized carbons (Fsp3) is 0.158. The molecule has 0 aliphatic heterocycles. The summed E-state index contributed by atoms with van der Waals surface area (Å²) in [7, 11) is 1.52. The van der Waals surface area contributed by atoms with E-state index in [9.17, 15) is 9.59 Å². The highest BCUT2D eigenvalue weighted by molar-refractivity contribution is 6.32. The van der Waals surface area contributed by atoms with Crippen LogP contribution in [0.5, 0.6) is 11.5 Å². The number of methoxy groups -OCH3 is 1. The largest absolute Gasteiger partial charge is 0.493 e. The van der Waals surface area contributed by atoms with Gasteiger partial charge in [-0.15, -0.1) is 0 Å². The number of anilines is 1. The second-order valence-electron chi connectivity index (χ2n) is 5.52. The first-order valence-corrected chi connectivity index (χ1v) is 8.50. The molecule has 8 heteroatoms. The standard InChI is InChI=1S/C19H17ClN2O5/c1-3-26-18-13(20)8-11(9-16(18)25-2)4-7-17(23)21-12-5-6-15-14(10-12)22-19(24)27-15/h4-10H,3H2,1-2H3,(H,21,23)(H,22,24)/b7-4+. The average molecular weight is 389 g/mol. The van der Waals surface area contributed by atoms with Crippen molar-refractivity contribution in [3.63, 3.8) is 0 Å². The van der Waals surface area contributed by atoms with Crippen molar-refractivity contribution >= 4 is 40.4 Å². The molecule has 0 saturated heterocycles. The minimum Gasteiger partial charge on any atom is -0.493 e. The smallest absolute Gasteiger partial charge is 0.417 e. The van der Waals surface area contributed by atoms with E-state index >= 15 is 0 Å². The van der Waals surface area contributed by atoms with Crippen LogP contribution in [0.2, 0.25) is 5.02 Å². The van der Waals surface area contributed by atoms with E-state index in [1.54, 1.807) is 36.4 Å². The molecule has 0 aliphatic carbocycles. The van der Waals surface area contributed by atoms with Gasteiger partial charge in [0.05, 0.1) is 24.3 Å². The highest BCUT2D eigenvalue weighted by Crippen LogP contribution is 2.36. The quantitative estimate of drug-likeness (QED) is 0.626. The number of fused-ring (bicyclic) bond motifs is 1. The lowest BCUT2D eigenvalue weighted by Crippen LogP contribution is -2.07. The van der Waals surface area contributed by atoms with Gasteiger partial charge in [-0.3, -0.25) is 9.78 Å². The third kappa shape index (κ3) is 4.32. The normalized spacial score (nSPS) is 11.1. The molecule has 0 saturated carbocycles. The molecule has 3 rings (SSSR count). The minimum absolute atomic E-state index is 0.343. The van der Waals surface area contributed by atoms with Crippen molar-refractivity contribution in [2.24, 2.45) is 0 Å². The second-order valence-corrected chi connectivity index (χ2v) is 5.92. The van der Waals surface area contributed by atoms with Gasteiger partial charge in [0.25, 0.3) is 0 Å². The van der Waals surface area contributed by atoms with Gasteiger partial charge in [0.1, 0.15) is 0 Å². The number of amides is 1. The summed E-state index contributed by atoms with van der Waals surface area (Å²) in [5.74, 6) is 0.0586. The molecule has 0 unspecified atom stereocenters. The molecule has 2 N–H and O–H groups in total. The molecular formula is C19H17ClN2O5. The number of aromatic nitrogens is 1. The number of nitrogens with one attached hydrogen (secondary N) is 2. The van der Waals surface area contributed by atoms with E-state index in [2.05, 4.69) is 10.3 Å². The number of carbonyl (C=O) groups is 1. The molecule has 0 atom stereocenters. The van der Waals surface area contributed by atoms with Crippen LogP contribution in [0.1, 0.15) is 12.5 Å². The molecule has 1 heterocycles. The molecule has 27 heavy (non-hydrogen) atoms. The van der Waals surface area contributed by atoms with Gasteiger partial charge in [-0.1, -0.05) is 11.6 Å². The van der Waals surface area contributed by atoms with E-state index in [0.717, 1.165) is 0 Å². The maximum atomic E-state index is 12.2. The second kappa shape index (κ2) is 8.01. The Labute approximate surface area is 159 Å². The number of hydrogen-bond donors (Lipinski definition) is 2. The van der Waals surface area contributed by atoms with Gasteiger partial charge in [-0.25, -0.2) is 4.79 Å². The van der Waals surface area contributed by atoms with Gasteiger partial charge in [0.15, 0.2) is 17.1 Å². The topological polar surface area (TPSA) is 93.6 Å². The first kappa shape index (κ1) is 18.6. The Bertz CT molecular complexity index is 1070. The summed E-state index contributed by atoms with van der Waals surface area (Å²) in [5, 5.41) is 3.10. The van der Waals surface area contributed by atoms with Crippen molar-refractivity contribution in [3.8, 4) is 11.5 Å². The number of aromatic amines is 1. The first-order chi connectivity index (χ1) is 13.0. The molecule has 0 aliphatic rings. The lowest BCUT2D eigenvalue weighted by Gasteiger charge is -2.11. The van der Waals surface area contributed by atoms with E-state index in [1.807, 2.05) is 6.92 Å². The zero-order valence-electron chi connectivity index (χ0n) is 14.7. The summed E-state index contributed by atoms with van der Waals surface area (Å²) < 4.78 is 15.7. The van der Waals surface area contributed by atoms with Crippen LogP contribution >= 0.6 is 11.6 Å². The van der Waals surface area contributed by atoms with Crippen molar-refractivity contribution in [1.29, 1.82) is 0 Å². The van der Waals surface area contributed by atoms with Crippen LogP contribution < -0.4 is 20.5 Å². The summed E-state index contributed by atoms with van der Waals surface area (Å²) in [6, 6.07) is 8.26. The van der Waals surface area contributed by atoms with Gasteiger partial charge in [0.2, 0.25) is 5.91 Å². The molecule has 140 valence electrons. The van der Waals surface area contributed by atoms with Crippen molar-refractivity contribution in [3.05, 3.63) is 57.5 Å². The number of benzene rings is 2. The van der Waals surface area contributed by atoms with Gasteiger partial charge < -0.3 is 19.2 Å². The monoisotopic (exact) mass is 388 g/mol. The highest BCUT2D eigenvalue weighted by Gasteiger charge is 2.11. The number of H-pyrrole nitrogens is 1. The van der Waals surface area contributed by atoms with Gasteiger partial charge in [0, 0.05) is 11.8 Å². The Balaban J connectivity index is 1.75. The van der Waals surface area contributed by atoms with Gasteiger partial charge in [-0.05, 0) is 48.9 Å². The number of halogens is 1. The van der Waals surface area contributed by atoms with Gasteiger partial charge >= 0.3 is 5.76 Å². The van der Waals surface area contributed by atoms with E-state index < -0.39 is 5.76 Å². The molecular weight excluding hydrogens is 372 g/mol. The molecule has 0 bridgehead atoms. The number of hydrogen-bond acceptors (Lipinski definition) is 5. The van der Waals surface area contributed by atoms with Crippen LogP contribution in [0.3, 0.4) is 0 Å². The van der Waals surface area contributed by atoms with Crippen molar-refractivity contribution in [1.82, 2.24) is 4.98 Å². The third-order valence-corrected chi connectivity index (χ3v) is 3.93. The Morgan fingerprint density at radius 3 is 2.89 bits per heavy atom. The van der Waals surface area contributed by atoms with Crippen LogP contribution in [0.25, 0.3) is 17.2 Å². The number of rotatable bonds is 6. The lowest BCUT2D eigenvalue weighted by atomic mass is 10.2. The summed E-state index contributed by atoms with van der Waals surface area (Å²) >= 11 is 6.22. The van der Waals surface area contributed by atoms with E-state index in [0.29, 0.717) is 45.5 Å². The Morgan fingerprint density at radius 1 is 1.33 bits per heavy atom. The summed E-state index contributed by atoms with van der Waals surface area (Å²) in [6.45, 7) is 2.31. The molecule has 1 aromatic heterocycles. The molecule has 1 amide bonds. The lowest BCUT2D eigenvalue weighted by molar-refractivity contribution is -0.111. The Morgan fingerprint density at radius 2 is 2.15 bits per heavy atom.